The van der Waals surface area contributed by atoms with Crippen molar-refractivity contribution in [2.75, 3.05) is 18.4 Å². The monoisotopic (exact) mass is 289 g/mol. The Morgan fingerprint density at radius 3 is 2.48 bits per heavy atom. The molecule has 21 heavy (non-hydrogen) atoms. The summed E-state index contributed by atoms with van der Waals surface area (Å²) in [6, 6.07) is 2.58. The van der Waals surface area contributed by atoms with Crippen LogP contribution in [0.4, 0.5) is 5.82 Å². The average molecular weight is 289 g/mol. The van der Waals surface area contributed by atoms with Gasteiger partial charge in [0.15, 0.2) is 0 Å². The predicted octanol–water partition coefficient (Wildman–Crippen LogP) is 3.11. The van der Waals surface area contributed by atoms with Gasteiger partial charge >= 0.3 is 0 Å². The molecule has 1 aliphatic rings. The second-order valence-electron chi connectivity index (χ2n) is 7.06. The largest absolute Gasteiger partial charge is 0.367 e. The summed E-state index contributed by atoms with van der Waals surface area (Å²) in [6.07, 6.45) is 3.92. The van der Waals surface area contributed by atoms with Gasteiger partial charge in [-0.1, -0.05) is 20.8 Å². The van der Waals surface area contributed by atoms with Crippen LogP contribution in [-0.4, -0.2) is 34.9 Å². The maximum atomic E-state index is 11.3. The number of nitrogens with zero attached hydrogens (tertiary/aromatic N) is 2. The van der Waals surface area contributed by atoms with Crippen LogP contribution in [0.15, 0.2) is 12.3 Å². The Balaban J connectivity index is 2.03. The molecular formula is C17H27N3O. The first-order chi connectivity index (χ1) is 9.77. The molecule has 1 N–H and O–H groups in total. The van der Waals surface area contributed by atoms with Gasteiger partial charge in [-0.05, 0) is 42.4 Å². The molecule has 1 amide bonds. The second-order valence-corrected chi connectivity index (χ2v) is 7.06. The van der Waals surface area contributed by atoms with Crippen molar-refractivity contribution in [3.8, 4) is 0 Å². The highest BCUT2D eigenvalue weighted by atomic mass is 16.2. The standard InChI is InChI=1S/C17H27N3O/c1-12-11-18-16(10-15(12)17(3,4)5)19-14-6-8-20(9-7-14)13(2)21/h10-11,14H,6-9H2,1-5H3,(H,18,19). The summed E-state index contributed by atoms with van der Waals surface area (Å²) in [5.74, 6) is 1.13. The zero-order valence-electron chi connectivity index (χ0n) is 13.9. The molecule has 116 valence electrons. The molecule has 0 unspecified atom stereocenters. The van der Waals surface area contributed by atoms with Crippen LogP contribution < -0.4 is 5.32 Å². The highest BCUT2D eigenvalue weighted by molar-refractivity contribution is 5.73. The van der Waals surface area contributed by atoms with Crippen molar-refractivity contribution < 1.29 is 4.79 Å². The van der Waals surface area contributed by atoms with E-state index >= 15 is 0 Å². The maximum absolute atomic E-state index is 11.3. The fourth-order valence-corrected chi connectivity index (χ4v) is 2.96. The lowest BCUT2D eigenvalue weighted by molar-refractivity contribution is -0.129. The molecule has 0 saturated carbocycles. The van der Waals surface area contributed by atoms with Crippen LogP contribution in [0.1, 0.15) is 51.7 Å². The summed E-state index contributed by atoms with van der Waals surface area (Å²) in [5, 5.41) is 3.53. The van der Waals surface area contributed by atoms with Crippen LogP contribution >= 0.6 is 0 Å². The second kappa shape index (κ2) is 6.04. The van der Waals surface area contributed by atoms with E-state index < -0.39 is 0 Å². The van der Waals surface area contributed by atoms with Crippen LogP contribution in [-0.2, 0) is 10.2 Å². The number of nitrogens with one attached hydrogen (secondary N) is 1. The Morgan fingerprint density at radius 1 is 1.33 bits per heavy atom. The Morgan fingerprint density at radius 2 is 1.95 bits per heavy atom. The minimum Gasteiger partial charge on any atom is -0.367 e. The normalized spacial score (nSPS) is 16.9. The third-order valence-electron chi connectivity index (χ3n) is 4.20. The average Bonchev–Trinajstić information content (AvgIpc) is 2.40. The van der Waals surface area contributed by atoms with Gasteiger partial charge in [0.1, 0.15) is 5.82 Å². The van der Waals surface area contributed by atoms with Crippen molar-refractivity contribution in [3.63, 3.8) is 0 Å². The highest BCUT2D eigenvalue weighted by Gasteiger charge is 2.22. The molecule has 2 heterocycles. The van der Waals surface area contributed by atoms with Crippen molar-refractivity contribution in [1.29, 1.82) is 0 Å². The number of anilines is 1. The van der Waals surface area contributed by atoms with Crippen molar-refractivity contribution in [1.82, 2.24) is 9.88 Å². The zero-order valence-corrected chi connectivity index (χ0v) is 13.9. The smallest absolute Gasteiger partial charge is 0.219 e. The Kier molecular flexibility index (Phi) is 4.55. The van der Waals surface area contributed by atoms with E-state index in [1.54, 1.807) is 6.92 Å². The van der Waals surface area contributed by atoms with Crippen molar-refractivity contribution in [2.24, 2.45) is 0 Å². The molecule has 1 fully saturated rings. The minimum atomic E-state index is 0.126. The summed E-state index contributed by atoms with van der Waals surface area (Å²) >= 11 is 0. The molecule has 4 nitrogen and oxygen atoms in total. The van der Waals surface area contributed by atoms with Crippen molar-refractivity contribution >= 4 is 11.7 Å². The first kappa shape index (κ1) is 15.8. The van der Waals surface area contributed by atoms with Gasteiger partial charge in [0.2, 0.25) is 5.91 Å². The number of hydrogen-bond donors (Lipinski definition) is 1. The van der Waals surface area contributed by atoms with E-state index in [0.29, 0.717) is 6.04 Å². The number of aromatic nitrogens is 1. The van der Waals surface area contributed by atoms with E-state index in [2.05, 4.69) is 44.1 Å². The molecule has 1 aliphatic heterocycles. The molecule has 1 aromatic heterocycles. The Bertz CT molecular complexity index is 511. The molecule has 0 atom stereocenters. The summed E-state index contributed by atoms with van der Waals surface area (Å²) in [6.45, 7) is 12.1. The van der Waals surface area contributed by atoms with Gasteiger partial charge in [-0.25, -0.2) is 4.98 Å². The fraction of sp³-hybridized carbons (Fsp3) is 0.647. The third kappa shape index (κ3) is 3.96. The number of hydrogen-bond acceptors (Lipinski definition) is 3. The number of amides is 1. The number of piperidine rings is 1. The molecule has 1 aromatic rings. The van der Waals surface area contributed by atoms with Crippen LogP contribution in [0.2, 0.25) is 0 Å². The van der Waals surface area contributed by atoms with Gasteiger partial charge in [-0.2, -0.15) is 0 Å². The van der Waals surface area contributed by atoms with Gasteiger partial charge in [-0.3, -0.25) is 4.79 Å². The molecule has 0 bridgehead atoms. The van der Waals surface area contributed by atoms with Gasteiger partial charge in [0, 0.05) is 32.3 Å². The summed E-state index contributed by atoms with van der Waals surface area (Å²) in [4.78, 5) is 17.8. The number of pyridine rings is 1. The summed E-state index contributed by atoms with van der Waals surface area (Å²) < 4.78 is 0. The predicted molar refractivity (Wildman–Crippen MR) is 86.6 cm³/mol. The number of rotatable bonds is 2. The molecule has 2 rings (SSSR count). The van der Waals surface area contributed by atoms with Gasteiger partial charge in [-0.15, -0.1) is 0 Å². The number of carbonyl (C=O) groups is 1. The molecule has 1 saturated heterocycles. The van der Waals surface area contributed by atoms with Gasteiger partial charge < -0.3 is 10.2 Å². The van der Waals surface area contributed by atoms with Crippen LogP contribution in [0.5, 0.6) is 0 Å². The molecule has 4 heteroatoms. The van der Waals surface area contributed by atoms with Crippen molar-refractivity contribution in [2.45, 2.75) is 58.9 Å². The SMILES string of the molecule is CC(=O)N1CCC(Nc2cc(C(C)(C)C)c(C)cn2)CC1. The first-order valence-electron chi connectivity index (χ1n) is 7.76. The van der Waals surface area contributed by atoms with E-state index in [9.17, 15) is 4.79 Å². The number of aryl methyl sites for hydroxylation is 1. The molecule has 0 aliphatic carbocycles. The lowest BCUT2D eigenvalue weighted by Crippen LogP contribution is -2.41. The lowest BCUT2D eigenvalue weighted by atomic mass is 9.85. The summed E-state index contributed by atoms with van der Waals surface area (Å²) in [5.41, 5.74) is 2.70. The van der Waals surface area contributed by atoms with Crippen LogP contribution in [0, 0.1) is 6.92 Å². The third-order valence-corrected chi connectivity index (χ3v) is 4.20. The molecule has 0 radical (unpaired) electrons. The van der Waals surface area contributed by atoms with Gasteiger partial charge in [0.25, 0.3) is 0 Å². The quantitative estimate of drug-likeness (QED) is 0.910. The van der Waals surface area contributed by atoms with Crippen LogP contribution in [0.3, 0.4) is 0 Å². The van der Waals surface area contributed by atoms with Crippen LogP contribution in [0.25, 0.3) is 0 Å². The maximum Gasteiger partial charge on any atom is 0.219 e. The number of likely N-dealkylation sites (tertiary alicyclic amines) is 1. The number of carbonyl (C=O) groups excluding carboxylic acids is 1. The Labute approximate surface area is 127 Å². The first-order valence-corrected chi connectivity index (χ1v) is 7.76. The minimum absolute atomic E-state index is 0.126. The van der Waals surface area contributed by atoms with E-state index in [1.807, 2.05) is 11.1 Å². The van der Waals surface area contributed by atoms with Crippen molar-refractivity contribution in [3.05, 3.63) is 23.4 Å². The van der Waals surface area contributed by atoms with E-state index in [4.69, 9.17) is 0 Å². The molecule has 0 spiro atoms. The highest BCUT2D eigenvalue weighted by Crippen LogP contribution is 2.27. The zero-order chi connectivity index (χ0) is 15.6. The molecule has 0 aromatic carbocycles. The lowest BCUT2D eigenvalue weighted by Gasteiger charge is -2.32. The topological polar surface area (TPSA) is 45.2 Å². The summed E-state index contributed by atoms with van der Waals surface area (Å²) in [7, 11) is 0. The molecular weight excluding hydrogens is 262 g/mol. The van der Waals surface area contributed by atoms with E-state index in [-0.39, 0.29) is 11.3 Å². The van der Waals surface area contributed by atoms with E-state index in [1.165, 1.54) is 11.1 Å². The fourth-order valence-electron chi connectivity index (χ4n) is 2.96. The Hall–Kier alpha value is -1.58. The van der Waals surface area contributed by atoms with Gasteiger partial charge in [0.05, 0.1) is 0 Å². The van der Waals surface area contributed by atoms with E-state index in [0.717, 1.165) is 31.7 Å².